The number of hydrogen-bond acceptors (Lipinski definition) is 13. The first kappa shape index (κ1) is 68.1. The predicted octanol–water partition coefficient (Wildman–Crippen LogP) is 10.5. The van der Waals surface area contributed by atoms with Gasteiger partial charge in [0, 0.05) is 6.42 Å². The van der Waals surface area contributed by atoms with E-state index in [-0.39, 0.29) is 12.5 Å². The lowest BCUT2D eigenvalue weighted by Gasteiger charge is -2.46. The molecule has 73 heavy (non-hydrogen) atoms. The van der Waals surface area contributed by atoms with Gasteiger partial charge < -0.3 is 65.1 Å². The van der Waals surface area contributed by atoms with Crippen LogP contribution in [0.4, 0.5) is 0 Å². The fourth-order valence-electron chi connectivity index (χ4n) is 10.6. The molecular formula is C59H115NO13. The van der Waals surface area contributed by atoms with Crippen LogP contribution in [0.1, 0.15) is 277 Å². The Hall–Kier alpha value is -1.01. The molecule has 434 valence electrons. The standard InChI is InChI=1S/C59H115NO13/c1-3-5-7-9-11-13-15-16-17-18-19-20-21-22-23-24-25-26-27-28-29-30-31-32-33-35-37-39-41-43-51(64)60-47(48(63)42-40-38-36-34-14-12-10-8-6-4-2)46-70-58-56(69)54(67)57(50(45-62)72-58)73-59-55(68)53(66)52(65)49(44-61)71-59/h47-50,52-59,61-63,65-69H,3-46H2,1-2H3,(H,60,64)/t47-,48+,49+,50+,52-,53?,54?,55?,56?,57+,58+,59-/m0/s1. The minimum absolute atomic E-state index is 0.202. The summed E-state index contributed by atoms with van der Waals surface area (Å²) in [4.78, 5) is 13.2. The van der Waals surface area contributed by atoms with Crippen LogP contribution in [0.15, 0.2) is 0 Å². The minimum Gasteiger partial charge on any atom is -0.394 e. The van der Waals surface area contributed by atoms with Gasteiger partial charge in [-0.2, -0.15) is 0 Å². The Bertz CT molecular complexity index is 1230. The van der Waals surface area contributed by atoms with Crippen molar-refractivity contribution in [3.8, 4) is 0 Å². The van der Waals surface area contributed by atoms with Gasteiger partial charge in [-0.05, 0) is 12.8 Å². The second kappa shape index (κ2) is 46.0. The number of carbonyl (C=O) groups is 1. The van der Waals surface area contributed by atoms with Crippen molar-refractivity contribution < 1.29 is 64.6 Å². The summed E-state index contributed by atoms with van der Waals surface area (Å²) in [6.45, 7) is 2.87. The van der Waals surface area contributed by atoms with Gasteiger partial charge in [0.25, 0.3) is 0 Å². The Morgan fingerprint density at radius 1 is 0.438 bits per heavy atom. The van der Waals surface area contributed by atoms with E-state index in [0.29, 0.717) is 12.8 Å². The smallest absolute Gasteiger partial charge is 0.220 e. The molecule has 0 aromatic carbocycles. The summed E-state index contributed by atoms with van der Waals surface area (Å²) in [7, 11) is 0. The summed E-state index contributed by atoms with van der Waals surface area (Å²) in [5.41, 5.74) is 0. The maximum Gasteiger partial charge on any atom is 0.220 e. The number of unbranched alkanes of at least 4 members (excludes halogenated alkanes) is 37. The molecule has 0 bridgehead atoms. The predicted molar refractivity (Wildman–Crippen MR) is 291 cm³/mol. The van der Waals surface area contributed by atoms with Crippen LogP contribution >= 0.6 is 0 Å². The molecule has 2 heterocycles. The Kier molecular flexibility index (Phi) is 42.9. The van der Waals surface area contributed by atoms with Crippen LogP contribution in [0.2, 0.25) is 0 Å². The first-order valence-electron chi connectivity index (χ1n) is 30.8. The number of hydrogen-bond donors (Lipinski definition) is 9. The Morgan fingerprint density at radius 2 is 0.781 bits per heavy atom. The summed E-state index contributed by atoms with van der Waals surface area (Å²) in [6.07, 6.45) is 34.3. The first-order chi connectivity index (χ1) is 35.6. The van der Waals surface area contributed by atoms with Crippen LogP contribution < -0.4 is 5.32 Å². The molecule has 2 rings (SSSR count). The molecule has 0 spiro atoms. The number of aliphatic hydroxyl groups excluding tert-OH is 8. The van der Waals surface area contributed by atoms with E-state index in [1.165, 1.54) is 199 Å². The average Bonchev–Trinajstić information content (AvgIpc) is 3.39. The van der Waals surface area contributed by atoms with Crippen LogP contribution in [0.25, 0.3) is 0 Å². The molecule has 2 fully saturated rings. The third-order valence-electron chi connectivity index (χ3n) is 15.6. The monoisotopic (exact) mass is 1050 g/mol. The maximum absolute atomic E-state index is 13.2. The molecule has 2 aliphatic heterocycles. The zero-order valence-electron chi connectivity index (χ0n) is 46.7. The fourth-order valence-corrected chi connectivity index (χ4v) is 10.6. The van der Waals surface area contributed by atoms with Crippen molar-refractivity contribution in [2.24, 2.45) is 0 Å². The number of carbonyl (C=O) groups excluding carboxylic acids is 1. The molecule has 4 unspecified atom stereocenters. The summed E-state index contributed by atoms with van der Waals surface area (Å²) in [5, 5.41) is 87.0. The SMILES string of the molecule is CCCCCCCCCCCCCCCCCCCCCCCCCCCCCCCC(=O)N[C@@H](CO[C@@H]1O[C@H](CO)[C@@H](O[C@@H]2O[C@H](CO)[C@H](O)C(O)C2O)C(O)C1O)[C@H](O)CCCCCCCCCCCC. The number of nitrogens with one attached hydrogen (secondary N) is 1. The van der Waals surface area contributed by atoms with Crippen molar-refractivity contribution in [2.75, 3.05) is 19.8 Å². The van der Waals surface area contributed by atoms with Crippen LogP contribution in [0, 0.1) is 0 Å². The molecule has 0 saturated carbocycles. The second-order valence-corrected chi connectivity index (χ2v) is 22.2. The molecule has 14 nitrogen and oxygen atoms in total. The molecule has 0 aromatic heterocycles. The van der Waals surface area contributed by atoms with Gasteiger partial charge in [0.05, 0.1) is 32.0 Å². The lowest BCUT2D eigenvalue weighted by atomic mass is 9.97. The zero-order valence-corrected chi connectivity index (χ0v) is 46.7. The van der Waals surface area contributed by atoms with Crippen molar-refractivity contribution in [1.29, 1.82) is 0 Å². The number of amides is 1. The lowest BCUT2D eigenvalue weighted by molar-refractivity contribution is -0.359. The van der Waals surface area contributed by atoms with Crippen molar-refractivity contribution in [3.05, 3.63) is 0 Å². The van der Waals surface area contributed by atoms with E-state index in [4.69, 9.17) is 18.9 Å². The summed E-state index contributed by atoms with van der Waals surface area (Å²) in [6, 6.07) is -0.821. The molecule has 2 saturated heterocycles. The zero-order chi connectivity index (χ0) is 53.2. The Morgan fingerprint density at radius 3 is 1.16 bits per heavy atom. The van der Waals surface area contributed by atoms with E-state index in [9.17, 15) is 45.6 Å². The van der Waals surface area contributed by atoms with Gasteiger partial charge in [0.1, 0.15) is 48.8 Å². The molecule has 1 amide bonds. The molecule has 0 aromatic rings. The fraction of sp³-hybridized carbons (Fsp3) is 0.983. The van der Waals surface area contributed by atoms with Gasteiger partial charge in [0.15, 0.2) is 12.6 Å². The average molecular weight is 1050 g/mol. The van der Waals surface area contributed by atoms with Crippen LogP contribution in [-0.4, -0.2) is 140 Å². The molecule has 0 aliphatic carbocycles. The molecule has 2 aliphatic rings. The topological polar surface area (TPSA) is 228 Å². The van der Waals surface area contributed by atoms with Gasteiger partial charge in [-0.3, -0.25) is 4.79 Å². The second-order valence-electron chi connectivity index (χ2n) is 22.2. The van der Waals surface area contributed by atoms with E-state index in [1.54, 1.807) is 0 Å². The lowest BCUT2D eigenvalue weighted by Crippen LogP contribution is -2.65. The van der Waals surface area contributed by atoms with Crippen molar-refractivity contribution in [1.82, 2.24) is 5.32 Å². The van der Waals surface area contributed by atoms with E-state index in [0.717, 1.165) is 51.4 Å². The third kappa shape index (κ3) is 31.9. The maximum atomic E-state index is 13.2. The quantitative estimate of drug-likeness (QED) is 0.0259. The minimum atomic E-state index is -1.78. The van der Waals surface area contributed by atoms with Gasteiger partial charge in [0.2, 0.25) is 5.91 Å². The van der Waals surface area contributed by atoms with Crippen LogP contribution in [0.3, 0.4) is 0 Å². The summed E-state index contributed by atoms with van der Waals surface area (Å²) < 4.78 is 22.8. The number of rotatable bonds is 50. The Balaban J connectivity index is 1.62. The largest absolute Gasteiger partial charge is 0.394 e. The molecular weight excluding hydrogens is 931 g/mol. The number of aliphatic hydroxyl groups is 8. The van der Waals surface area contributed by atoms with E-state index < -0.39 is 86.8 Å². The van der Waals surface area contributed by atoms with Gasteiger partial charge in [-0.15, -0.1) is 0 Å². The van der Waals surface area contributed by atoms with E-state index in [2.05, 4.69) is 19.2 Å². The molecule has 9 N–H and O–H groups in total. The van der Waals surface area contributed by atoms with Crippen molar-refractivity contribution in [2.45, 2.75) is 351 Å². The highest BCUT2D eigenvalue weighted by atomic mass is 16.7. The molecule has 12 atom stereocenters. The third-order valence-corrected chi connectivity index (χ3v) is 15.6. The summed E-state index contributed by atoms with van der Waals surface area (Å²) >= 11 is 0. The normalized spacial score (nSPS) is 25.3. The van der Waals surface area contributed by atoms with E-state index >= 15 is 0 Å². The van der Waals surface area contributed by atoms with Crippen molar-refractivity contribution >= 4 is 5.91 Å². The van der Waals surface area contributed by atoms with Crippen molar-refractivity contribution in [3.63, 3.8) is 0 Å². The Labute approximate surface area is 444 Å². The highest BCUT2D eigenvalue weighted by Crippen LogP contribution is 2.30. The summed E-state index contributed by atoms with van der Waals surface area (Å²) in [5.74, 6) is -0.202. The van der Waals surface area contributed by atoms with Gasteiger partial charge in [-0.1, -0.05) is 258 Å². The van der Waals surface area contributed by atoms with E-state index in [1.807, 2.05) is 0 Å². The first-order valence-corrected chi connectivity index (χ1v) is 30.8. The highest BCUT2D eigenvalue weighted by Gasteiger charge is 2.51. The highest BCUT2D eigenvalue weighted by molar-refractivity contribution is 5.76. The molecule has 0 radical (unpaired) electrons. The van der Waals surface area contributed by atoms with Gasteiger partial charge >= 0.3 is 0 Å². The molecule has 14 heteroatoms. The van der Waals surface area contributed by atoms with Crippen LogP contribution in [-0.2, 0) is 23.7 Å². The van der Waals surface area contributed by atoms with Crippen LogP contribution in [0.5, 0.6) is 0 Å². The number of ether oxygens (including phenoxy) is 4. The van der Waals surface area contributed by atoms with Gasteiger partial charge in [-0.25, -0.2) is 0 Å².